The number of hydrogen-bond acceptors (Lipinski definition) is 5. The van der Waals surface area contributed by atoms with Crippen LogP contribution in [0.1, 0.15) is 68.3 Å². The van der Waals surface area contributed by atoms with Crippen molar-refractivity contribution < 1.29 is 14.3 Å². The second kappa shape index (κ2) is 9.16. The van der Waals surface area contributed by atoms with Gasteiger partial charge in [-0.25, -0.2) is 9.37 Å². The standard InChI is InChI=1S/C25H33FN4O2/c1-16-4-3-11-30(16)15-18-6-5-17(13-22(18)26)19-12-21(23(27)28-14-19)24(31)29-20-7-9-25(2,32)10-8-20/h5-6,12-14,16,20,32H,3-4,7-11,15H2,1-2H3,(H2,27,28)(H,29,31). The third kappa shape index (κ3) is 5.10. The minimum atomic E-state index is -0.662. The average Bonchev–Trinajstić information content (AvgIpc) is 3.16. The van der Waals surface area contributed by atoms with Gasteiger partial charge in [-0.1, -0.05) is 12.1 Å². The molecule has 2 heterocycles. The molecule has 4 rings (SSSR count). The number of carbonyl (C=O) groups is 1. The highest BCUT2D eigenvalue weighted by Gasteiger charge is 2.30. The van der Waals surface area contributed by atoms with Gasteiger partial charge in [-0.05, 0) is 76.6 Å². The molecule has 1 aliphatic heterocycles. The molecule has 1 aromatic carbocycles. The van der Waals surface area contributed by atoms with Crippen molar-refractivity contribution in [2.75, 3.05) is 12.3 Å². The van der Waals surface area contributed by atoms with E-state index in [0.29, 0.717) is 55.0 Å². The molecule has 0 spiro atoms. The fraction of sp³-hybridized carbons (Fsp3) is 0.520. The number of benzene rings is 1. The molecule has 2 aliphatic rings. The molecule has 1 saturated heterocycles. The van der Waals surface area contributed by atoms with Gasteiger partial charge >= 0.3 is 0 Å². The Bertz CT molecular complexity index is 984. The van der Waals surface area contributed by atoms with E-state index in [2.05, 4.69) is 22.1 Å². The summed E-state index contributed by atoms with van der Waals surface area (Å²) in [6, 6.07) is 7.35. The summed E-state index contributed by atoms with van der Waals surface area (Å²) in [7, 11) is 0. The molecule has 32 heavy (non-hydrogen) atoms. The van der Waals surface area contributed by atoms with Gasteiger partial charge in [0.25, 0.3) is 5.91 Å². The number of nitrogens with one attached hydrogen (secondary N) is 1. The van der Waals surface area contributed by atoms with Gasteiger partial charge in [0.1, 0.15) is 11.6 Å². The van der Waals surface area contributed by atoms with Crippen LogP contribution in [0.2, 0.25) is 0 Å². The lowest BCUT2D eigenvalue weighted by molar-refractivity contribution is 0.0140. The highest BCUT2D eigenvalue weighted by Crippen LogP contribution is 2.29. The number of amides is 1. The number of likely N-dealkylation sites (tertiary alicyclic amines) is 1. The molecule has 2 fully saturated rings. The zero-order chi connectivity index (χ0) is 22.9. The number of rotatable bonds is 5. The van der Waals surface area contributed by atoms with Crippen molar-refractivity contribution in [2.24, 2.45) is 0 Å². The zero-order valence-corrected chi connectivity index (χ0v) is 18.9. The molecule has 1 aliphatic carbocycles. The van der Waals surface area contributed by atoms with Crippen LogP contribution in [0.5, 0.6) is 0 Å². The number of anilines is 1. The summed E-state index contributed by atoms with van der Waals surface area (Å²) >= 11 is 0. The van der Waals surface area contributed by atoms with Crippen molar-refractivity contribution in [1.29, 1.82) is 0 Å². The lowest BCUT2D eigenvalue weighted by atomic mass is 9.83. The smallest absolute Gasteiger partial charge is 0.255 e. The predicted octanol–water partition coefficient (Wildman–Crippen LogP) is 3.88. The number of carbonyl (C=O) groups excluding carboxylic acids is 1. The molecule has 6 nitrogen and oxygen atoms in total. The first-order valence-corrected chi connectivity index (χ1v) is 11.5. The van der Waals surface area contributed by atoms with Crippen molar-refractivity contribution >= 4 is 11.7 Å². The lowest BCUT2D eigenvalue weighted by Crippen LogP contribution is -2.42. The quantitative estimate of drug-likeness (QED) is 0.656. The van der Waals surface area contributed by atoms with Gasteiger partial charge in [0.2, 0.25) is 0 Å². The maximum atomic E-state index is 14.9. The molecule has 172 valence electrons. The third-order valence-electron chi connectivity index (χ3n) is 7.01. The topological polar surface area (TPSA) is 91.5 Å². The van der Waals surface area contributed by atoms with Crippen molar-refractivity contribution in [2.45, 2.75) is 76.6 Å². The largest absolute Gasteiger partial charge is 0.390 e. The van der Waals surface area contributed by atoms with Crippen molar-refractivity contribution in [1.82, 2.24) is 15.2 Å². The zero-order valence-electron chi connectivity index (χ0n) is 18.9. The number of aromatic nitrogens is 1. The fourth-order valence-corrected chi connectivity index (χ4v) is 4.76. The first-order chi connectivity index (χ1) is 15.2. The van der Waals surface area contributed by atoms with Gasteiger partial charge in [0.15, 0.2) is 0 Å². The van der Waals surface area contributed by atoms with Crippen LogP contribution in [0.3, 0.4) is 0 Å². The third-order valence-corrected chi connectivity index (χ3v) is 7.01. The van der Waals surface area contributed by atoms with E-state index in [0.717, 1.165) is 19.4 Å². The molecular formula is C25H33FN4O2. The maximum absolute atomic E-state index is 14.9. The van der Waals surface area contributed by atoms with Gasteiger partial charge in [-0.15, -0.1) is 0 Å². The molecule has 7 heteroatoms. The van der Waals surface area contributed by atoms with Gasteiger partial charge in [0, 0.05) is 36.0 Å². The lowest BCUT2D eigenvalue weighted by Gasteiger charge is -2.33. The Hall–Kier alpha value is -2.51. The Morgan fingerprint density at radius 3 is 2.69 bits per heavy atom. The van der Waals surface area contributed by atoms with Gasteiger partial charge in [-0.3, -0.25) is 9.69 Å². The van der Waals surface area contributed by atoms with E-state index in [9.17, 15) is 14.3 Å². The number of hydrogen-bond donors (Lipinski definition) is 3. The normalized spacial score (nSPS) is 26.2. The second-order valence-electron chi connectivity index (χ2n) is 9.67. The fourth-order valence-electron chi connectivity index (χ4n) is 4.76. The molecule has 0 radical (unpaired) electrons. The molecular weight excluding hydrogens is 407 g/mol. The molecule has 0 bridgehead atoms. The summed E-state index contributed by atoms with van der Waals surface area (Å²) in [5.74, 6) is -0.392. The van der Waals surface area contributed by atoms with Crippen molar-refractivity contribution in [3.05, 3.63) is 47.4 Å². The summed E-state index contributed by atoms with van der Waals surface area (Å²) in [6.45, 7) is 5.62. The van der Waals surface area contributed by atoms with Crippen LogP contribution in [0.25, 0.3) is 11.1 Å². The molecule has 1 saturated carbocycles. The van der Waals surface area contributed by atoms with Crippen molar-refractivity contribution in [3.63, 3.8) is 0 Å². The molecule has 1 aromatic heterocycles. The summed E-state index contributed by atoms with van der Waals surface area (Å²) in [6.07, 6.45) is 6.61. The van der Waals surface area contributed by atoms with Gasteiger partial charge in [-0.2, -0.15) is 0 Å². The Labute approximate surface area is 189 Å². The van der Waals surface area contributed by atoms with Crippen LogP contribution in [0.15, 0.2) is 30.5 Å². The van der Waals surface area contributed by atoms with Crippen LogP contribution in [0.4, 0.5) is 10.2 Å². The van der Waals surface area contributed by atoms with E-state index >= 15 is 0 Å². The SMILES string of the molecule is CC1CCCN1Cc1ccc(-c2cnc(N)c(C(=O)NC3CCC(C)(O)CC3)c2)cc1F. The maximum Gasteiger partial charge on any atom is 0.255 e. The van der Waals surface area contributed by atoms with Crippen LogP contribution < -0.4 is 11.1 Å². The minimum Gasteiger partial charge on any atom is -0.390 e. The summed E-state index contributed by atoms with van der Waals surface area (Å²) in [5.41, 5.74) is 7.60. The van der Waals surface area contributed by atoms with E-state index < -0.39 is 5.60 Å². The Morgan fingerprint density at radius 2 is 2.03 bits per heavy atom. The van der Waals surface area contributed by atoms with E-state index in [1.807, 2.05) is 19.1 Å². The van der Waals surface area contributed by atoms with Gasteiger partial charge in [0.05, 0.1) is 11.2 Å². The Balaban J connectivity index is 1.48. The number of nitrogens with two attached hydrogens (primary N) is 1. The summed E-state index contributed by atoms with van der Waals surface area (Å²) < 4.78 is 14.9. The van der Waals surface area contributed by atoms with E-state index in [1.54, 1.807) is 12.3 Å². The second-order valence-corrected chi connectivity index (χ2v) is 9.67. The summed E-state index contributed by atoms with van der Waals surface area (Å²) in [4.78, 5) is 19.3. The summed E-state index contributed by atoms with van der Waals surface area (Å²) in [5, 5.41) is 13.1. The van der Waals surface area contributed by atoms with E-state index in [1.165, 1.54) is 6.07 Å². The highest BCUT2D eigenvalue weighted by atomic mass is 19.1. The van der Waals surface area contributed by atoms with E-state index in [4.69, 9.17) is 5.73 Å². The highest BCUT2D eigenvalue weighted by molar-refractivity contribution is 5.99. The monoisotopic (exact) mass is 440 g/mol. The average molecular weight is 441 g/mol. The first kappa shape index (κ1) is 22.7. The van der Waals surface area contributed by atoms with Crippen LogP contribution >= 0.6 is 0 Å². The molecule has 2 aromatic rings. The molecule has 1 unspecified atom stereocenters. The molecule has 1 amide bonds. The number of aliphatic hydroxyl groups is 1. The Kier molecular flexibility index (Phi) is 6.49. The van der Waals surface area contributed by atoms with Crippen LogP contribution in [-0.4, -0.2) is 45.1 Å². The predicted molar refractivity (Wildman–Crippen MR) is 123 cm³/mol. The number of halogens is 1. The minimum absolute atomic E-state index is 0.00418. The first-order valence-electron chi connectivity index (χ1n) is 11.5. The number of nitrogens with zero attached hydrogens (tertiary/aromatic N) is 2. The number of nitrogen functional groups attached to an aromatic ring is 1. The van der Waals surface area contributed by atoms with Crippen molar-refractivity contribution in [3.8, 4) is 11.1 Å². The molecule has 4 N–H and O–H groups in total. The van der Waals surface area contributed by atoms with Crippen LogP contribution in [0, 0.1) is 5.82 Å². The van der Waals surface area contributed by atoms with Crippen LogP contribution in [-0.2, 0) is 6.54 Å². The molecule has 1 atom stereocenters. The Morgan fingerprint density at radius 1 is 1.28 bits per heavy atom. The van der Waals surface area contributed by atoms with Gasteiger partial charge < -0.3 is 16.2 Å². The van der Waals surface area contributed by atoms with E-state index in [-0.39, 0.29) is 29.1 Å². The number of pyridine rings is 1.